The SMILES string of the molecule is O=C(c1ccco1)N1CCC[C@@H](c2nnc(-c3ccccc3)o2)C1. The van der Waals surface area contributed by atoms with E-state index in [0.717, 1.165) is 24.9 Å². The Hall–Kier alpha value is -2.89. The fraction of sp³-hybridized carbons (Fsp3) is 0.278. The number of hydrogen-bond donors (Lipinski definition) is 0. The van der Waals surface area contributed by atoms with Gasteiger partial charge in [0.2, 0.25) is 11.8 Å². The zero-order valence-electron chi connectivity index (χ0n) is 13.1. The van der Waals surface area contributed by atoms with Crippen molar-refractivity contribution in [3.63, 3.8) is 0 Å². The third-order valence-electron chi connectivity index (χ3n) is 4.25. The molecule has 0 radical (unpaired) electrons. The molecule has 0 saturated carbocycles. The summed E-state index contributed by atoms with van der Waals surface area (Å²) in [7, 11) is 0. The van der Waals surface area contributed by atoms with E-state index in [1.807, 2.05) is 30.3 Å². The van der Waals surface area contributed by atoms with Gasteiger partial charge in [-0.15, -0.1) is 10.2 Å². The highest BCUT2D eigenvalue weighted by Gasteiger charge is 2.29. The summed E-state index contributed by atoms with van der Waals surface area (Å²) in [5, 5.41) is 8.34. The maximum atomic E-state index is 12.4. The van der Waals surface area contributed by atoms with Crippen molar-refractivity contribution in [2.75, 3.05) is 13.1 Å². The number of amides is 1. The summed E-state index contributed by atoms with van der Waals surface area (Å²) in [6.45, 7) is 1.28. The Balaban J connectivity index is 1.50. The summed E-state index contributed by atoms with van der Waals surface area (Å²) in [6.07, 6.45) is 3.34. The van der Waals surface area contributed by atoms with E-state index in [1.165, 1.54) is 6.26 Å². The van der Waals surface area contributed by atoms with Crippen LogP contribution >= 0.6 is 0 Å². The number of nitrogens with zero attached hydrogens (tertiary/aromatic N) is 3. The van der Waals surface area contributed by atoms with Gasteiger partial charge in [-0.25, -0.2) is 0 Å². The summed E-state index contributed by atoms with van der Waals surface area (Å²) in [5.41, 5.74) is 0.899. The molecule has 0 spiro atoms. The largest absolute Gasteiger partial charge is 0.459 e. The van der Waals surface area contributed by atoms with Crippen LogP contribution in [0.4, 0.5) is 0 Å². The van der Waals surface area contributed by atoms with Gasteiger partial charge in [-0.3, -0.25) is 4.79 Å². The van der Waals surface area contributed by atoms with Crippen molar-refractivity contribution in [3.05, 3.63) is 60.4 Å². The van der Waals surface area contributed by atoms with Crippen molar-refractivity contribution < 1.29 is 13.6 Å². The van der Waals surface area contributed by atoms with Gasteiger partial charge in [0.05, 0.1) is 12.2 Å². The van der Waals surface area contributed by atoms with Gasteiger partial charge in [-0.2, -0.15) is 0 Å². The van der Waals surface area contributed by atoms with Crippen LogP contribution in [0.3, 0.4) is 0 Å². The van der Waals surface area contributed by atoms with E-state index in [0.29, 0.717) is 24.1 Å². The van der Waals surface area contributed by atoms with E-state index in [4.69, 9.17) is 8.83 Å². The molecule has 2 aromatic heterocycles. The molecular formula is C18H17N3O3. The monoisotopic (exact) mass is 323 g/mol. The molecule has 0 N–H and O–H groups in total. The molecular weight excluding hydrogens is 306 g/mol. The standard InChI is InChI=1S/C18H17N3O3/c22-18(15-9-5-11-23-15)21-10-4-8-14(12-21)17-20-19-16(24-17)13-6-2-1-3-7-13/h1-3,5-7,9,11,14H,4,8,10,12H2/t14-/m1/s1. The number of benzene rings is 1. The lowest BCUT2D eigenvalue weighted by Gasteiger charge is -2.30. The van der Waals surface area contributed by atoms with Gasteiger partial charge < -0.3 is 13.7 Å². The van der Waals surface area contributed by atoms with Crippen molar-refractivity contribution >= 4 is 5.91 Å². The first-order valence-electron chi connectivity index (χ1n) is 8.03. The van der Waals surface area contributed by atoms with Crippen LogP contribution in [0.5, 0.6) is 0 Å². The van der Waals surface area contributed by atoms with Crippen molar-refractivity contribution in [2.45, 2.75) is 18.8 Å². The van der Waals surface area contributed by atoms with E-state index in [-0.39, 0.29) is 11.8 Å². The van der Waals surface area contributed by atoms with Crippen LogP contribution in [0, 0.1) is 0 Å². The van der Waals surface area contributed by atoms with Crippen LogP contribution in [0.15, 0.2) is 57.6 Å². The number of furan rings is 1. The third kappa shape index (κ3) is 2.82. The molecule has 24 heavy (non-hydrogen) atoms. The molecule has 122 valence electrons. The molecule has 1 aliphatic heterocycles. The second kappa shape index (κ2) is 6.31. The Bertz CT molecular complexity index is 811. The fourth-order valence-corrected chi connectivity index (χ4v) is 3.02. The van der Waals surface area contributed by atoms with Crippen LogP contribution in [0.1, 0.15) is 35.2 Å². The van der Waals surface area contributed by atoms with Gasteiger partial charge in [-0.05, 0) is 37.1 Å². The van der Waals surface area contributed by atoms with E-state index in [2.05, 4.69) is 10.2 Å². The molecule has 3 heterocycles. The summed E-state index contributed by atoms with van der Waals surface area (Å²) in [6, 6.07) is 13.1. The summed E-state index contributed by atoms with van der Waals surface area (Å²) in [5.74, 6) is 1.44. The zero-order valence-corrected chi connectivity index (χ0v) is 13.1. The number of carbonyl (C=O) groups excluding carboxylic acids is 1. The topological polar surface area (TPSA) is 72.4 Å². The van der Waals surface area contributed by atoms with Crippen molar-refractivity contribution in [1.29, 1.82) is 0 Å². The number of carbonyl (C=O) groups is 1. The predicted octanol–water partition coefficient (Wildman–Crippen LogP) is 3.35. The average molecular weight is 323 g/mol. The fourth-order valence-electron chi connectivity index (χ4n) is 3.02. The number of likely N-dealkylation sites (tertiary alicyclic amines) is 1. The first kappa shape index (κ1) is 14.7. The lowest BCUT2D eigenvalue weighted by molar-refractivity contribution is 0.0666. The molecule has 0 aliphatic carbocycles. The number of aromatic nitrogens is 2. The van der Waals surface area contributed by atoms with Crippen LogP contribution in [0.25, 0.3) is 11.5 Å². The molecule has 1 fully saturated rings. The van der Waals surface area contributed by atoms with Crippen LogP contribution in [0.2, 0.25) is 0 Å². The Morgan fingerprint density at radius 2 is 2.00 bits per heavy atom. The lowest BCUT2D eigenvalue weighted by atomic mass is 9.98. The Kier molecular flexibility index (Phi) is 3.86. The highest BCUT2D eigenvalue weighted by Crippen LogP contribution is 2.29. The van der Waals surface area contributed by atoms with E-state index in [9.17, 15) is 4.79 Å². The second-order valence-electron chi connectivity index (χ2n) is 5.88. The highest BCUT2D eigenvalue weighted by molar-refractivity contribution is 5.91. The molecule has 0 unspecified atom stereocenters. The van der Waals surface area contributed by atoms with Crippen molar-refractivity contribution in [2.24, 2.45) is 0 Å². The predicted molar refractivity (Wildman–Crippen MR) is 86.3 cm³/mol. The second-order valence-corrected chi connectivity index (χ2v) is 5.88. The quantitative estimate of drug-likeness (QED) is 0.739. The van der Waals surface area contributed by atoms with Crippen molar-refractivity contribution in [3.8, 4) is 11.5 Å². The molecule has 1 aliphatic rings. The number of piperidine rings is 1. The molecule has 0 bridgehead atoms. The van der Waals surface area contributed by atoms with Crippen LogP contribution in [-0.4, -0.2) is 34.1 Å². The number of rotatable bonds is 3. The molecule has 1 saturated heterocycles. The maximum Gasteiger partial charge on any atom is 0.289 e. The minimum atomic E-state index is -0.0903. The van der Waals surface area contributed by atoms with Gasteiger partial charge in [0.25, 0.3) is 5.91 Å². The molecule has 1 amide bonds. The van der Waals surface area contributed by atoms with E-state index in [1.54, 1.807) is 17.0 Å². The number of hydrogen-bond acceptors (Lipinski definition) is 5. The first-order chi connectivity index (χ1) is 11.8. The molecule has 1 aromatic carbocycles. The maximum absolute atomic E-state index is 12.4. The van der Waals surface area contributed by atoms with Gasteiger partial charge >= 0.3 is 0 Å². The molecule has 3 aromatic rings. The van der Waals surface area contributed by atoms with Gasteiger partial charge in [0.15, 0.2) is 5.76 Å². The summed E-state index contributed by atoms with van der Waals surface area (Å²) < 4.78 is 11.1. The normalized spacial score (nSPS) is 17.8. The smallest absolute Gasteiger partial charge is 0.289 e. The zero-order chi connectivity index (χ0) is 16.4. The lowest BCUT2D eigenvalue weighted by Crippen LogP contribution is -2.39. The van der Waals surface area contributed by atoms with E-state index >= 15 is 0 Å². The highest BCUT2D eigenvalue weighted by atomic mass is 16.4. The Morgan fingerprint density at radius 1 is 1.12 bits per heavy atom. The Morgan fingerprint density at radius 3 is 2.79 bits per heavy atom. The van der Waals surface area contributed by atoms with Crippen LogP contribution < -0.4 is 0 Å². The molecule has 4 rings (SSSR count). The molecule has 6 heteroatoms. The minimum Gasteiger partial charge on any atom is -0.459 e. The minimum absolute atomic E-state index is 0.0580. The van der Waals surface area contributed by atoms with Crippen molar-refractivity contribution in [1.82, 2.24) is 15.1 Å². The molecule has 6 nitrogen and oxygen atoms in total. The molecule has 1 atom stereocenters. The van der Waals surface area contributed by atoms with Gasteiger partial charge in [0, 0.05) is 18.7 Å². The summed E-state index contributed by atoms with van der Waals surface area (Å²) >= 11 is 0. The van der Waals surface area contributed by atoms with Gasteiger partial charge in [0.1, 0.15) is 0 Å². The van der Waals surface area contributed by atoms with Crippen LogP contribution in [-0.2, 0) is 0 Å². The third-order valence-corrected chi connectivity index (χ3v) is 4.25. The van der Waals surface area contributed by atoms with Gasteiger partial charge in [-0.1, -0.05) is 18.2 Å². The Labute approximate surface area is 139 Å². The summed E-state index contributed by atoms with van der Waals surface area (Å²) in [4.78, 5) is 14.2. The van der Waals surface area contributed by atoms with E-state index < -0.39 is 0 Å². The average Bonchev–Trinajstić information content (AvgIpc) is 3.34. The first-order valence-corrected chi connectivity index (χ1v) is 8.03.